The molecule has 0 bridgehead atoms. The van der Waals surface area contributed by atoms with Crippen molar-refractivity contribution < 1.29 is 44.8 Å². The predicted octanol–water partition coefficient (Wildman–Crippen LogP) is 3.33. The summed E-state index contributed by atoms with van der Waals surface area (Å²) in [5, 5.41) is -5.83. The molecule has 0 aromatic rings. The van der Waals surface area contributed by atoms with Crippen LogP contribution in [0.2, 0.25) is 0 Å². The molecule has 0 aromatic heterocycles. The van der Waals surface area contributed by atoms with E-state index in [2.05, 4.69) is 4.74 Å². The van der Waals surface area contributed by atoms with Crippen LogP contribution < -0.4 is 0 Å². The van der Waals surface area contributed by atoms with Gasteiger partial charge in [-0.3, -0.25) is 9.35 Å². The lowest BCUT2D eigenvalue weighted by molar-refractivity contribution is -0.320. The first-order valence-corrected chi connectivity index (χ1v) is 8.97. The molecule has 0 spiro atoms. The summed E-state index contributed by atoms with van der Waals surface area (Å²) in [5.74, 6) is -0.688. The first-order valence-electron chi connectivity index (χ1n) is 7.53. The minimum Gasteiger partial charge on any atom is -0.463 e. The maximum Gasteiger partial charge on any atom is 0.459 e. The van der Waals surface area contributed by atoms with Crippen molar-refractivity contribution in [3.05, 3.63) is 0 Å². The zero-order valence-corrected chi connectivity index (χ0v) is 15.5. The van der Waals surface area contributed by atoms with Gasteiger partial charge in [0.15, 0.2) is 0 Å². The zero-order chi connectivity index (χ0) is 20.3. The summed E-state index contributed by atoms with van der Waals surface area (Å²) < 4.78 is 89.1. The molecule has 0 aliphatic carbocycles. The second-order valence-corrected chi connectivity index (χ2v) is 8.13. The lowest BCUT2D eigenvalue weighted by atomic mass is 9.73. The predicted molar refractivity (Wildman–Crippen MR) is 80.8 cm³/mol. The molecule has 0 amide bonds. The Labute approximate surface area is 144 Å². The number of carbonyl (C=O) groups is 1. The molecule has 6 nitrogen and oxygen atoms in total. The third-order valence-electron chi connectivity index (χ3n) is 3.84. The van der Waals surface area contributed by atoms with E-state index < -0.39 is 46.1 Å². The maximum absolute atomic E-state index is 13.1. The molecule has 0 saturated carbocycles. The molecule has 1 atom stereocenters. The van der Waals surface area contributed by atoms with Gasteiger partial charge in [0.05, 0.1) is 12.0 Å². The van der Waals surface area contributed by atoms with Gasteiger partial charge in [-0.15, -0.1) is 0 Å². The average molecular weight is 396 g/mol. The van der Waals surface area contributed by atoms with Crippen molar-refractivity contribution in [2.24, 2.45) is 17.3 Å². The Bertz CT molecular complexity index is 562. The van der Waals surface area contributed by atoms with E-state index >= 15 is 0 Å². The van der Waals surface area contributed by atoms with Crippen LogP contribution in [-0.4, -0.2) is 43.5 Å². The van der Waals surface area contributed by atoms with Crippen LogP contribution in [0, 0.1) is 17.3 Å². The van der Waals surface area contributed by atoms with Gasteiger partial charge in [0.2, 0.25) is 0 Å². The van der Waals surface area contributed by atoms with E-state index in [1.54, 1.807) is 20.8 Å². The van der Waals surface area contributed by atoms with Crippen LogP contribution in [0.4, 0.5) is 17.6 Å². The lowest BCUT2D eigenvalue weighted by Gasteiger charge is -2.33. The third kappa shape index (κ3) is 5.78. The molecular weight excluding hydrogens is 372 g/mol. The average Bonchev–Trinajstić information content (AvgIpc) is 2.40. The highest BCUT2D eigenvalue weighted by Crippen LogP contribution is 2.39. The van der Waals surface area contributed by atoms with Gasteiger partial charge in [-0.25, -0.2) is 0 Å². The second kappa shape index (κ2) is 8.17. The summed E-state index contributed by atoms with van der Waals surface area (Å²) in [5.41, 5.74) is -0.908. The third-order valence-corrected chi connectivity index (χ3v) is 4.72. The highest BCUT2D eigenvalue weighted by molar-refractivity contribution is 7.86. The van der Waals surface area contributed by atoms with Crippen LogP contribution in [0.1, 0.15) is 41.0 Å². The topological polar surface area (TPSA) is 89.9 Å². The van der Waals surface area contributed by atoms with Crippen molar-refractivity contribution >= 4 is 16.1 Å². The number of ether oxygens (including phenoxy) is 2. The van der Waals surface area contributed by atoms with E-state index in [1.807, 2.05) is 13.8 Å². The summed E-state index contributed by atoms with van der Waals surface area (Å²) in [6.07, 6.45) is -5.02. The quantitative estimate of drug-likeness (QED) is 0.264. The minimum absolute atomic E-state index is 0.131. The smallest absolute Gasteiger partial charge is 0.459 e. The number of hydrogen-bond acceptors (Lipinski definition) is 5. The Kier molecular flexibility index (Phi) is 7.86. The highest BCUT2D eigenvalue weighted by atomic mass is 32.2. The van der Waals surface area contributed by atoms with Gasteiger partial charge in [0.25, 0.3) is 0 Å². The van der Waals surface area contributed by atoms with Crippen molar-refractivity contribution in [1.29, 1.82) is 0 Å². The summed E-state index contributed by atoms with van der Waals surface area (Å²) in [6.45, 7) is 7.00. The first-order chi connectivity index (χ1) is 11.0. The summed E-state index contributed by atoms with van der Waals surface area (Å²) in [4.78, 5) is 12.2. The van der Waals surface area contributed by atoms with Gasteiger partial charge in [-0.1, -0.05) is 27.7 Å². The number of alkyl halides is 4. The van der Waals surface area contributed by atoms with Gasteiger partial charge in [0.1, 0.15) is 6.61 Å². The van der Waals surface area contributed by atoms with E-state index in [9.17, 15) is 30.8 Å². The standard InChI is InChI=1S/C14H24F4O6S/c1-9(2)8-12(5,10(3)4)11(19)23-6-7-24-13(15,16)14(17,18)25(20,21)22/h9-10H,6-8H2,1-5H3,(H,20,21,22). The van der Waals surface area contributed by atoms with Gasteiger partial charge >= 0.3 is 27.5 Å². The fourth-order valence-corrected chi connectivity index (χ4v) is 2.47. The van der Waals surface area contributed by atoms with E-state index in [4.69, 9.17) is 9.29 Å². The summed E-state index contributed by atoms with van der Waals surface area (Å²) >= 11 is 0. The number of esters is 1. The molecule has 0 radical (unpaired) electrons. The molecule has 0 saturated heterocycles. The van der Waals surface area contributed by atoms with Crippen LogP contribution in [-0.2, 0) is 24.4 Å². The lowest BCUT2D eigenvalue weighted by Crippen LogP contribution is -2.49. The Balaban J connectivity index is 4.79. The highest BCUT2D eigenvalue weighted by Gasteiger charge is 2.67. The second-order valence-electron chi connectivity index (χ2n) is 6.66. The van der Waals surface area contributed by atoms with Crippen molar-refractivity contribution in [2.45, 2.75) is 52.4 Å². The first kappa shape index (κ1) is 24.1. The van der Waals surface area contributed by atoms with Crippen molar-refractivity contribution in [3.63, 3.8) is 0 Å². The van der Waals surface area contributed by atoms with Gasteiger partial charge in [-0.05, 0) is 25.2 Å². The fraction of sp³-hybridized carbons (Fsp3) is 0.929. The molecule has 150 valence electrons. The van der Waals surface area contributed by atoms with Crippen LogP contribution in [0.15, 0.2) is 0 Å². The van der Waals surface area contributed by atoms with Crippen molar-refractivity contribution in [1.82, 2.24) is 0 Å². The molecule has 0 fully saturated rings. The molecule has 11 heteroatoms. The Morgan fingerprint density at radius 3 is 1.92 bits per heavy atom. The van der Waals surface area contributed by atoms with Crippen LogP contribution in [0.5, 0.6) is 0 Å². The van der Waals surface area contributed by atoms with Crippen LogP contribution in [0.3, 0.4) is 0 Å². The molecule has 0 aliphatic heterocycles. The maximum atomic E-state index is 13.1. The zero-order valence-electron chi connectivity index (χ0n) is 14.7. The molecule has 1 unspecified atom stereocenters. The largest absolute Gasteiger partial charge is 0.463 e. The molecule has 0 heterocycles. The molecule has 25 heavy (non-hydrogen) atoms. The molecular formula is C14H24F4O6S. The molecule has 0 aromatic carbocycles. The van der Waals surface area contributed by atoms with Crippen LogP contribution >= 0.6 is 0 Å². The normalized spacial score (nSPS) is 16.2. The summed E-state index contributed by atoms with van der Waals surface area (Å²) in [6, 6.07) is 0. The van der Waals surface area contributed by atoms with E-state index in [-0.39, 0.29) is 11.8 Å². The minimum atomic E-state index is -6.38. The van der Waals surface area contributed by atoms with E-state index in [0.717, 1.165) is 0 Å². The number of hydrogen-bond donors (Lipinski definition) is 1. The van der Waals surface area contributed by atoms with Crippen molar-refractivity contribution in [3.8, 4) is 0 Å². The number of halogens is 4. The van der Waals surface area contributed by atoms with Crippen LogP contribution in [0.25, 0.3) is 0 Å². The van der Waals surface area contributed by atoms with E-state index in [0.29, 0.717) is 6.42 Å². The molecule has 1 N–H and O–H groups in total. The fourth-order valence-electron chi connectivity index (χ4n) is 2.11. The van der Waals surface area contributed by atoms with Crippen molar-refractivity contribution in [2.75, 3.05) is 13.2 Å². The Hall–Kier alpha value is -0.940. The van der Waals surface area contributed by atoms with Gasteiger partial charge in [0, 0.05) is 0 Å². The SMILES string of the molecule is CC(C)CC(C)(C(=O)OCCOC(F)(F)C(F)(F)S(=O)(=O)O)C(C)C. The van der Waals surface area contributed by atoms with E-state index in [1.165, 1.54) is 0 Å². The monoisotopic (exact) mass is 396 g/mol. The van der Waals surface area contributed by atoms with Gasteiger partial charge in [-0.2, -0.15) is 26.0 Å². The Morgan fingerprint density at radius 2 is 1.56 bits per heavy atom. The number of carbonyl (C=O) groups excluding carboxylic acids is 1. The number of rotatable bonds is 10. The Morgan fingerprint density at radius 1 is 1.08 bits per heavy atom. The summed E-state index contributed by atoms with van der Waals surface area (Å²) in [7, 11) is -6.38. The van der Waals surface area contributed by atoms with Gasteiger partial charge < -0.3 is 9.47 Å². The molecule has 0 rings (SSSR count). The molecule has 0 aliphatic rings.